The van der Waals surface area contributed by atoms with Crippen molar-refractivity contribution < 1.29 is 9.47 Å². The number of hydrogen-bond acceptors (Lipinski definition) is 3. The molecule has 3 nitrogen and oxygen atoms in total. The minimum absolute atomic E-state index is 0.00164. The fraction of sp³-hybridized carbons (Fsp3) is 0.750. The van der Waals surface area contributed by atoms with E-state index in [9.17, 15) is 0 Å². The first kappa shape index (κ1) is 7.28. The van der Waals surface area contributed by atoms with Gasteiger partial charge in [-0.1, -0.05) is 12.2 Å². The van der Waals surface area contributed by atoms with E-state index < -0.39 is 5.79 Å². The van der Waals surface area contributed by atoms with Crippen molar-refractivity contribution in [3.8, 4) is 0 Å². The normalized spacial score (nSPS) is 46.3. The van der Waals surface area contributed by atoms with Crippen molar-refractivity contribution in [2.45, 2.75) is 37.9 Å². The fourth-order valence-corrected chi connectivity index (χ4v) is 1.61. The zero-order valence-corrected chi connectivity index (χ0v) is 6.78. The number of rotatable bonds is 0. The number of fused-ring (bicyclic) bond motifs is 1. The summed E-state index contributed by atoms with van der Waals surface area (Å²) < 4.78 is 11.1. The third-order valence-electron chi connectivity index (χ3n) is 2.07. The molecule has 3 unspecified atom stereocenters. The van der Waals surface area contributed by atoms with Gasteiger partial charge in [0.1, 0.15) is 12.2 Å². The predicted octanol–water partition coefficient (Wildman–Crippen LogP) is 0.404. The van der Waals surface area contributed by atoms with Crippen molar-refractivity contribution in [2.75, 3.05) is 0 Å². The summed E-state index contributed by atoms with van der Waals surface area (Å²) >= 11 is 0. The second kappa shape index (κ2) is 2.06. The molecule has 0 aromatic heterocycles. The maximum atomic E-state index is 5.75. The second-order valence-electron chi connectivity index (χ2n) is 3.53. The van der Waals surface area contributed by atoms with Gasteiger partial charge in [0.15, 0.2) is 5.79 Å². The van der Waals surface area contributed by atoms with Gasteiger partial charge in [0, 0.05) is 0 Å². The zero-order valence-electron chi connectivity index (χ0n) is 6.78. The Balaban J connectivity index is 2.15. The average Bonchev–Trinajstić information content (AvgIpc) is 2.31. The Hall–Kier alpha value is -0.380. The van der Waals surface area contributed by atoms with E-state index in [0.29, 0.717) is 0 Å². The van der Waals surface area contributed by atoms with Gasteiger partial charge in [-0.05, 0) is 13.8 Å². The lowest BCUT2D eigenvalue weighted by atomic mass is 10.2. The van der Waals surface area contributed by atoms with E-state index >= 15 is 0 Å². The Bertz CT molecular complexity index is 200. The maximum absolute atomic E-state index is 5.75. The van der Waals surface area contributed by atoms with Crippen molar-refractivity contribution in [2.24, 2.45) is 5.73 Å². The van der Waals surface area contributed by atoms with Crippen LogP contribution in [-0.4, -0.2) is 24.0 Å². The summed E-state index contributed by atoms with van der Waals surface area (Å²) in [5.74, 6) is -0.461. The molecule has 0 amide bonds. The van der Waals surface area contributed by atoms with Gasteiger partial charge in [-0.2, -0.15) is 0 Å². The monoisotopic (exact) mass is 155 g/mol. The van der Waals surface area contributed by atoms with Crippen LogP contribution in [0.4, 0.5) is 0 Å². The highest BCUT2D eigenvalue weighted by molar-refractivity contribution is 5.14. The van der Waals surface area contributed by atoms with Crippen LogP contribution in [0.1, 0.15) is 13.8 Å². The van der Waals surface area contributed by atoms with Gasteiger partial charge >= 0.3 is 0 Å². The first-order valence-corrected chi connectivity index (χ1v) is 3.88. The van der Waals surface area contributed by atoms with Crippen molar-refractivity contribution in [3.63, 3.8) is 0 Å². The molecule has 2 N–H and O–H groups in total. The molecule has 62 valence electrons. The van der Waals surface area contributed by atoms with Crippen molar-refractivity contribution in [1.29, 1.82) is 0 Å². The van der Waals surface area contributed by atoms with Crippen LogP contribution in [0.25, 0.3) is 0 Å². The molecule has 0 spiro atoms. The molecular formula is C8H13NO2. The highest BCUT2D eigenvalue weighted by Crippen LogP contribution is 2.33. The molecule has 1 aliphatic carbocycles. The molecule has 3 atom stereocenters. The fourth-order valence-electron chi connectivity index (χ4n) is 1.61. The van der Waals surface area contributed by atoms with Crippen LogP contribution in [0, 0.1) is 0 Å². The van der Waals surface area contributed by atoms with Crippen LogP contribution in [-0.2, 0) is 9.47 Å². The third kappa shape index (κ3) is 1.09. The standard InChI is InChI=1S/C8H13NO2/c1-8(2)10-6-4-3-5(9)7(6)11-8/h3-7H,9H2,1-2H3. The molecule has 0 aromatic rings. The minimum atomic E-state index is -0.461. The Morgan fingerprint density at radius 1 is 1.27 bits per heavy atom. The summed E-state index contributed by atoms with van der Waals surface area (Å²) in [4.78, 5) is 0. The predicted molar refractivity (Wildman–Crippen MR) is 40.9 cm³/mol. The topological polar surface area (TPSA) is 44.5 Å². The lowest BCUT2D eigenvalue weighted by Crippen LogP contribution is -2.35. The SMILES string of the molecule is CC1(C)OC2C=CC(N)C2O1. The van der Waals surface area contributed by atoms with Gasteiger partial charge in [0.05, 0.1) is 6.04 Å². The van der Waals surface area contributed by atoms with E-state index in [2.05, 4.69) is 0 Å². The van der Waals surface area contributed by atoms with E-state index in [4.69, 9.17) is 15.2 Å². The van der Waals surface area contributed by atoms with Crippen molar-refractivity contribution in [1.82, 2.24) is 0 Å². The number of hydrogen-bond donors (Lipinski definition) is 1. The molecule has 11 heavy (non-hydrogen) atoms. The molecule has 0 saturated carbocycles. The Kier molecular flexibility index (Phi) is 1.36. The van der Waals surface area contributed by atoms with Crippen molar-refractivity contribution >= 4 is 0 Å². The lowest BCUT2D eigenvalue weighted by Gasteiger charge is -2.18. The first-order chi connectivity index (χ1) is 5.08. The second-order valence-corrected chi connectivity index (χ2v) is 3.53. The Labute approximate surface area is 66.2 Å². The number of ether oxygens (including phenoxy) is 2. The average molecular weight is 155 g/mol. The van der Waals surface area contributed by atoms with E-state index in [0.717, 1.165) is 0 Å². The Morgan fingerprint density at radius 2 is 2.00 bits per heavy atom. The molecule has 1 aliphatic heterocycles. The summed E-state index contributed by atoms with van der Waals surface area (Å²) in [6.45, 7) is 3.82. The van der Waals surface area contributed by atoms with Gasteiger partial charge in [-0.15, -0.1) is 0 Å². The zero-order chi connectivity index (χ0) is 8.06. The highest BCUT2D eigenvalue weighted by Gasteiger charge is 2.44. The third-order valence-corrected chi connectivity index (χ3v) is 2.07. The van der Waals surface area contributed by atoms with E-state index in [1.807, 2.05) is 26.0 Å². The van der Waals surface area contributed by atoms with E-state index in [-0.39, 0.29) is 18.2 Å². The first-order valence-electron chi connectivity index (χ1n) is 3.88. The van der Waals surface area contributed by atoms with Crippen LogP contribution in [0.2, 0.25) is 0 Å². The molecule has 1 saturated heterocycles. The molecule has 1 fully saturated rings. The van der Waals surface area contributed by atoms with Crippen LogP contribution >= 0.6 is 0 Å². The van der Waals surface area contributed by atoms with Gasteiger partial charge in [-0.25, -0.2) is 0 Å². The van der Waals surface area contributed by atoms with Gasteiger partial charge in [-0.3, -0.25) is 0 Å². The van der Waals surface area contributed by atoms with Crippen LogP contribution in [0.3, 0.4) is 0 Å². The van der Waals surface area contributed by atoms with Gasteiger partial charge in [0.2, 0.25) is 0 Å². The molecule has 3 heteroatoms. The molecule has 0 bridgehead atoms. The van der Waals surface area contributed by atoms with Gasteiger partial charge < -0.3 is 15.2 Å². The van der Waals surface area contributed by atoms with E-state index in [1.54, 1.807) is 0 Å². The maximum Gasteiger partial charge on any atom is 0.164 e. The Morgan fingerprint density at radius 3 is 2.64 bits per heavy atom. The molecule has 0 aromatic carbocycles. The quantitative estimate of drug-likeness (QED) is 0.515. The van der Waals surface area contributed by atoms with E-state index in [1.165, 1.54) is 0 Å². The summed E-state index contributed by atoms with van der Waals surface area (Å²) in [7, 11) is 0. The van der Waals surface area contributed by atoms with Crippen LogP contribution in [0.5, 0.6) is 0 Å². The molecule has 0 radical (unpaired) electrons. The number of nitrogens with two attached hydrogens (primary N) is 1. The summed E-state index contributed by atoms with van der Waals surface area (Å²) in [6.07, 6.45) is 4.01. The molecule has 2 aliphatic rings. The summed E-state index contributed by atoms with van der Waals surface area (Å²) in [6, 6.07) is 0.00164. The minimum Gasteiger partial charge on any atom is -0.342 e. The largest absolute Gasteiger partial charge is 0.342 e. The molecule has 1 heterocycles. The summed E-state index contributed by atoms with van der Waals surface area (Å²) in [5.41, 5.74) is 5.75. The lowest BCUT2D eigenvalue weighted by molar-refractivity contribution is -0.144. The molecule has 2 rings (SSSR count). The smallest absolute Gasteiger partial charge is 0.164 e. The highest BCUT2D eigenvalue weighted by atomic mass is 16.8. The van der Waals surface area contributed by atoms with Crippen LogP contribution < -0.4 is 5.73 Å². The molecular weight excluding hydrogens is 142 g/mol. The van der Waals surface area contributed by atoms with Gasteiger partial charge in [0.25, 0.3) is 0 Å². The van der Waals surface area contributed by atoms with Crippen molar-refractivity contribution in [3.05, 3.63) is 12.2 Å². The van der Waals surface area contributed by atoms with Crippen LogP contribution in [0.15, 0.2) is 12.2 Å². The summed E-state index contributed by atoms with van der Waals surface area (Å²) in [5, 5.41) is 0.